The van der Waals surface area contributed by atoms with Crippen LogP contribution in [0.5, 0.6) is 51.7 Å². The third-order valence-electron chi connectivity index (χ3n) is 9.86. The fraction of sp³-hybridized carbons (Fsp3) is 0.300. The van der Waals surface area contributed by atoms with Crippen LogP contribution in [0.4, 0.5) is 0 Å². The molecule has 4 aromatic rings. The van der Waals surface area contributed by atoms with Crippen molar-refractivity contribution >= 4 is 11.6 Å². The number of phenolic OH excluding ortho intramolecular Hbond substituents is 8. The largest absolute Gasteiger partial charge is 0.508 e. The first-order valence-electron chi connectivity index (χ1n) is 16.8. The Morgan fingerprint density at radius 3 is 1.96 bits per heavy atom. The molecule has 0 radical (unpaired) electrons. The van der Waals surface area contributed by atoms with E-state index in [0.717, 1.165) is 29.8 Å². The maximum atomic E-state index is 14.6. The second kappa shape index (κ2) is 13.7. The van der Waals surface area contributed by atoms with Crippen LogP contribution in [0.2, 0.25) is 0 Å². The summed E-state index contributed by atoms with van der Waals surface area (Å²) in [5.41, 5.74) is -0.367. The van der Waals surface area contributed by atoms with E-state index in [1.54, 1.807) is 19.9 Å². The molecule has 12 nitrogen and oxygen atoms in total. The van der Waals surface area contributed by atoms with E-state index >= 15 is 0 Å². The number of benzene rings is 4. The highest BCUT2D eigenvalue weighted by Gasteiger charge is 2.45. The fourth-order valence-electron chi connectivity index (χ4n) is 7.47. The number of fused-ring (bicyclic) bond motifs is 1. The van der Waals surface area contributed by atoms with Crippen molar-refractivity contribution in [3.8, 4) is 51.7 Å². The number of phenols is 8. The zero-order valence-corrected chi connectivity index (χ0v) is 28.4. The van der Waals surface area contributed by atoms with E-state index in [4.69, 9.17) is 4.74 Å². The summed E-state index contributed by atoms with van der Waals surface area (Å²) in [6.45, 7) is 3.36. The van der Waals surface area contributed by atoms with Crippen LogP contribution in [-0.4, -0.2) is 63.1 Å². The molecule has 0 saturated carbocycles. The zero-order valence-electron chi connectivity index (χ0n) is 28.4. The summed E-state index contributed by atoms with van der Waals surface area (Å²) in [5.74, 6) is -7.75. The van der Waals surface area contributed by atoms with Crippen molar-refractivity contribution in [2.24, 2.45) is 5.92 Å². The highest BCUT2D eigenvalue weighted by molar-refractivity contribution is 6.04. The molecule has 272 valence electrons. The molecule has 0 bridgehead atoms. The monoisotopic (exact) mass is 712 g/mol. The molecule has 1 aliphatic heterocycles. The van der Waals surface area contributed by atoms with Gasteiger partial charge in [-0.25, -0.2) is 0 Å². The van der Waals surface area contributed by atoms with Gasteiger partial charge < -0.3 is 50.7 Å². The lowest BCUT2D eigenvalue weighted by Crippen LogP contribution is -2.32. The van der Waals surface area contributed by atoms with Crippen molar-refractivity contribution in [2.45, 2.75) is 69.5 Å². The van der Waals surface area contributed by atoms with Gasteiger partial charge in [0.15, 0.2) is 11.6 Å². The molecule has 0 saturated heterocycles. The van der Waals surface area contributed by atoms with Crippen molar-refractivity contribution in [3.05, 3.63) is 100 Å². The predicted octanol–water partition coefficient (Wildman–Crippen LogP) is 6.68. The molecule has 4 aromatic carbocycles. The van der Waals surface area contributed by atoms with Crippen LogP contribution >= 0.6 is 0 Å². The molecule has 1 aliphatic carbocycles. The normalized spacial score (nSPS) is 20.1. The Morgan fingerprint density at radius 1 is 0.769 bits per heavy atom. The molecule has 4 atom stereocenters. The van der Waals surface area contributed by atoms with Gasteiger partial charge in [0.05, 0.1) is 17.6 Å². The first-order valence-corrected chi connectivity index (χ1v) is 16.8. The summed E-state index contributed by atoms with van der Waals surface area (Å²) < 4.78 is 6.01. The van der Waals surface area contributed by atoms with Crippen molar-refractivity contribution in [1.82, 2.24) is 0 Å². The number of aliphatic hydroxyl groups is 1. The van der Waals surface area contributed by atoms with Gasteiger partial charge in [-0.2, -0.15) is 0 Å². The lowest BCUT2D eigenvalue weighted by Gasteiger charge is -2.38. The average molecular weight is 713 g/mol. The van der Waals surface area contributed by atoms with Gasteiger partial charge in [-0.1, -0.05) is 17.7 Å². The zero-order chi connectivity index (χ0) is 37.6. The molecular weight excluding hydrogens is 672 g/mol. The smallest absolute Gasteiger partial charge is 0.174 e. The summed E-state index contributed by atoms with van der Waals surface area (Å²) in [6, 6.07) is 12.4. The molecule has 0 amide bonds. The molecule has 1 heterocycles. The number of ketones is 2. The van der Waals surface area contributed by atoms with Gasteiger partial charge in [0.1, 0.15) is 63.4 Å². The molecule has 0 fully saturated rings. The molecule has 9 N–H and O–H groups in total. The number of Topliss-reactive ketones (excluding diaryl/α,β-unsaturated/α-hetero) is 2. The van der Waals surface area contributed by atoms with E-state index in [0.29, 0.717) is 19.3 Å². The topological polar surface area (TPSA) is 225 Å². The van der Waals surface area contributed by atoms with Gasteiger partial charge in [0, 0.05) is 53.1 Å². The van der Waals surface area contributed by atoms with Crippen LogP contribution in [0.1, 0.15) is 101 Å². The van der Waals surface area contributed by atoms with Crippen LogP contribution < -0.4 is 4.74 Å². The van der Waals surface area contributed by atoms with Crippen molar-refractivity contribution in [1.29, 1.82) is 0 Å². The van der Waals surface area contributed by atoms with E-state index in [9.17, 15) is 55.5 Å². The van der Waals surface area contributed by atoms with Gasteiger partial charge >= 0.3 is 0 Å². The van der Waals surface area contributed by atoms with Gasteiger partial charge in [-0.3, -0.25) is 9.59 Å². The summed E-state index contributed by atoms with van der Waals surface area (Å²) in [7, 11) is 0. The number of ether oxygens (including phenoxy) is 1. The Kier molecular flexibility index (Phi) is 9.45. The number of hydrogen-bond acceptors (Lipinski definition) is 12. The third-order valence-corrected chi connectivity index (χ3v) is 9.86. The maximum absolute atomic E-state index is 14.6. The highest BCUT2D eigenvalue weighted by Crippen LogP contribution is 2.56. The number of aromatic hydroxyl groups is 8. The van der Waals surface area contributed by atoms with Crippen molar-refractivity contribution < 1.29 is 60.3 Å². The maximum Gasteiger partial charge on any atom is 0.174 e. The van der Waals surface area contributed by atoms with Crippen LogP contribution in [0.25, 0.3) is 0 Å². The number of hydrogen-bond donors (Lipinski definition) is 9. The molecule has 0 aromatic heterocycles. The third kappa shape index (κ3) is 7.02. The second-order valence-electron chi connectivity index (χ2n) is 14.2. The van der Waals surface area contributed by atoms with Gasteiger partial charge in [0.2, 0.25) is 0 Å². The number of carbonyl (C=O) groups is 2. The minimum Gasteiger partial charge on any atom is -0.508 e. The molecule has 2 aliphatic rings. The molecule has 6 rings (SSSR count). The Hall–Kier alpha value is -5.88. The quantitative estimate of drug-likeness (QED) is 0.0655. The minimum atomic E-state index is -1.24. The molecular formula is C40H40O12. The summed E-state index contributed by atoms with van der Waals surface area (Å²) in [5, 5.41) is 96.0. The second-order valence-corrected chi connectivity index (χ2v) is 14.2. The van der Waals surface area contributed by atoms with E-state index in [1.165, 1.54) is 36.4 Å². The van der Waals surface area contributed by atoms with Gasteiger partial charge in [0.25, 0.3) is 0 Å². The van der Waals surface area contributed by atoms with E-state index < -0.39 is 58.3 Å². The first kappa shape index (κ1) is 35.9. The molecule has 12 heteroatoms. The number of carbonyl (C=O) groups excluding carboxylic acids is 2. The van der Waals surface area contributed by atoms with Gasteiger partial charge in [-0.15, -0.1) is 0 Å². The summed E-state index contributed by atoms with van der Waals surface area (Å²) >= 11 is 0. The summed E-state index contributed by atoms with van der Waals surface area (Å²) in [4.78, 5) is 28.3. The predicted molar refractivity (Wildman–Crippen MR) is 188 cm³/mol. The van der Waals surface area contributed by atoms with E-state index in [-0.39, 0.29) is 75.2 Å². The number of allylic oxidation sites excluding steroid dienone is 2. The highest BCUT2D eigenvalue weighted by atomic mass is 16.5. The lowest BCUT2D eigenvalue weighted by molar-refractivity contribution is 0.0687. The fourth-order valence-corrected chi connectivity index (χ4v) is 7.47. The first-order chi connectivity index (χ1) is 24.5. The standard InChI is InChI=1S/C40H40O12/c1-40(2,51)11-3-4-19-12-26(23-8-5-20(41)14-28(23)44)35(38(49)25-10-7-22(43)16-30(25)46)27(13-19)36-31(47)18-34-37(39(36)50)32(48)17-33(52-34)24-9-6-21(42)15-29(24)45/h5-10,13-16,18,26-27,33,35,41-47,50-51H,3-4,11-12,17H2,1-2H3/t26-,27-,33?,35-/m1/s1. The Morgan fingerprint density at radius 2 is 1.37 bits per heavy atom. The van der Waals surface area contributed by atoms with Crippen LogP contribution in [0.3, 0.4) is 0 Å². The van der Waals surface area contributed by atoms with Crippen LogP contribution in [0, 0.1) is 5.92 Å². The Bertz CT molecular complexity index is 2090. The van der Waals surface area contributed by atoms with Crippen molar-refractivity contribution in [3.63, 3.8) is 0 Å². The van der Waals surface area contributed by atoms with Crippen LogP contribution in [0.15, 0.2) is 72.3 Å². The Labute approximate surface area is 298 Å². The average Bonchev–Trinajstić information content (AvgIpc) is 3.03. The number of rotatable bonds is 9. The molecule has 1 unspecified atom stereocenters. The molecule has 52 heavy (non-hydrogen) atoms. The summed E-state index contributed by atoms with van der Waals surface area (Å²) in [6.07, 6.45) is 1.94. The van der Waals surface area contributed by atoms with Gasteiger partial charge in [-0.05, 0) is 75.4 Å². The minimum absolute atomic E-state index is 0.176. The SMILES string of the molecule is CC(C)(O)CCCC1=C[C@@H](c2c(O)cc3c(c2O)C(=O)CC(c2ccc(O)cc2O)O3)[C@H](C(=O)c2ccc(O)cc2O)[C@@H](c2ccc(O)cc2O)C1. The van der Waals surface area contributed by atoms with Crippen LogP contribution in [-0.2, 0) is 0 Å². The van der Waals surface area contributed by atoms with E-state index in [2.05, 4.69) is 0 Å². The van der Waals surface area contributed by atoms with Crippen molar-refractivity contribution in [2.75, 3.05) is 0 Å². The lowest BCUT2D eigenvalue weighted by atomic mass is 9.64. The molecule has 0 spiro atoms. The Balaban J connectivity index is 1.52. The van der Waals surface area contributed by atoms with E-state index in [1.807, 2.05) is 0 Å².